The summed E-state index contributed by atoms with van der Waals surface area (Å²) in [6.45, 7) is 6.97. The summed E-state index contributed by atoms with van der Waals surface area (Å²) in [7, 11) is -4.23. The third-order valence-electron chi connectivity index (χ3n) is 6.74. The van der Waals surface area contributed by atoms with Gasteiger partial charge in [-0.15, -0.1) is 0 Å². The first-order valence-electron chi connectivity index (χ1n) is 13.1. The molecule has 3 aromatic carbocycles. The van der Waals surface area contributed by atoms with Crippen molar-refractivity contribution in [3.8, 4) is 0 Å². The van der Waals surface area contributed by atoms with E-state index in [-0.39, 0.29) is 39.1 Å². The van der Waals surface area contributed by atoms with Crippen molar-refractivity contribution >= 4 is 50.7 Å². The Kier molecular flexibility index (Phi) is 11.0. The van der Waals surface area contributed by atoms with Crippen LogP contribution in [0, 0.1) is 6.92 Å². The van der Waals surface area contributed by atoms with Gasteiger partial charge in [0.25, 0.3) is 10.0 Å². The molecular weight excluding hydrogens is 569 g/mol. The molecule has 0 aliphatic heterocycles. The predicted octanol–water partition coefficient (Wildman–Crippen LogP) is 5.87. The van der Waals surface area contributed by atoms with E-state index in [4.69, 9.17) is 23.2 Å². The van der Waals surface area contributed by atoms with Gasteiger partial charge in [0.05, 0.1) is 20.6 Å². The molecule has 0 saturated heterocycles. The Balaban J connectivity index is 2.01. The summed E-state index contributed by atoms with van der Waals surface area (Å²) in [5.41, 5.74) is 1.94. The molecule has 40 heavy (non-hydrogen) atoms. The number of anilines is 1. The fourth-order valence-electron chi connectivity index (χ4n) is 4.07. The van der Waals surface area contributed by atoms with Crippen molar-refractivity contribution in [2.45, 2.75) is 57.5 Å². The molecule has 0 radical (unpaired) electrons. The minimum Gasteiger partial charge on any atom is -0.352 e. The van der Waals surface area contributed by atoms with Gasteiger partial charge in [-0.2, -0.15) is 0 Å². The van der Waals surface area contributed by atoms with Crippen molar-refractivity contribution in [2.24, 2.45) is 0 Å². The quantitative estimate of drug-likeness (QED) is 0.280. The molecule has 0 aliphatic rings. The summed E-state index contributed by atoms with van der Waals surface area (Å²) < 4.78 is 28.8. The highest BCUT2D eigenvalue weighted by Crippen LogP contribution is 2.35. The average Bonchev–Trinajstić information content (AvgIpc) is 2.94. The van der Waals surface area contributed by atoms with Crippen LogP contribution in [0.2, 0.25) is 10.0 Å². The average molecular weight is 605 g/mol. The molecule has 2 amide bonds. The van der Waals surface area contributed by atoms with Crippen LogP contribution >= 0.6 is 23.2 Å². The molecule has 3 rings (SSSR count). The highest BCUT2D eigenvalue weighted by atomic mass is 35.5. The van der Waals surface area contributed by atoms with E-state index in [0.29, 0.717) is 6.42 Å². The van der Waals surface area contributed by atoms with E-state index in [1.807, 2.05) is 51.1 Å². The number of nitrogens with one attached hydrogen (secondary N) is 1. The first-order valence-corrected chi connectivity index (χ1v) is 15.3. The Morgan fingerprint density at radius 1 is 0.925 bits per heavy atom. The van der Waals surface area contributed by atoms with Gasteiger partial charge in [0.1, 0.15) is 12.6 Å². The summed E-state index contributed by atoms with van der Waals surface area (Å²) in [5.74, 6) is -0.862. The van der Waals surface area contributed by atoms with Gasteiger partial charge < -0.3 is 10.2 Å². The minimum atomic E-state index is -4.23. The first-order chi connectivity index (χ1) is 18.9. The molecule has 0 aliphatic carbocycles. The van der Waals surface area contributed by atoms with Gasteiger partial charge in [-0.1, -0.05) is 84.2 Å². The third kappa shape index (κ3) is 7.77. The lowest BCUT2D eigenvalue weighted by molar-refractivity contribution is -0.139. The van der Waals surface area contributed by atoms with Crippen LogP contribution in [0.5, 0.6) is 0 Å². The number of nitrogens with zero attached hydrogens (tertiary/aromatic N) is 2. The molecular formula is C30H35Cl2N3O4S. The first kappa shape index (κ1) is 31.5. The number of hydrogen-bond donors (Lipinski definition) is 1. The second-order valence-electron chi connectivity index (χ2n) is 9.71. The van der Waals surface area contributed by atoms with Crippen LogP contribution in [0.3, 0.4) is 0 Å². The number of amides is 2. The highest BCUT2D eigenvalue weighted by molar-refractivity contribution is 7.92. The van der Waals surface area contributed by atoms with Crippen molar-refractivity contribution < 1.29 is 18.0 Å². The van der Waals surface area contributed by atoms with E-state index in [9.17, 15) is 18.0 Å². The molecule has 0 bridgehead atoms. The summed E-state index contributed by atoms with van der Waals surface area (Å²) in [6.07, 6.45) is 1.21. The molecule has 1 N–H and O–H groups in total. The zero-order chi connectivity index (χ0) is 29.4. The van der Waals surface area contributed by atoms with Crippen LogP contribution in [0.15, 0.2) is 77.7 Å². The molecule has 10 heteroatoms. The Bertz CT molecular complexity index is 1420. The third-order valence-corrected chi connectivity index (χ3v) is 9.32. The topological polar surface area (TPSA) is 86.8 Å². The zero-order valence-electron chi connectivity index (χ0n) is 23.1. The van der Waals surface area contributed by atoms with Gasteiger partial charge in [-0.25, -0.2) is 8.42 Å². The maximum absolute atomic E-state index is 13.9. The van der Waals surface area contributed by atoms with E-state index in [2.05, 4.69) is 5.32 Å². The lowest BCUT2D eigenvalue weighted by atomic mass is 10.1. The molecule has 214 valence electrons. The molecule has 0 unspecified atom stereocenters. The number of carbonyl (C=O) groups is 2. The number of aryl methyl sites for hydroxylation is 1. The molecule has 0 aromatic heterocycles. The standard InChI is InChI=1S/C30H35Cl2N3O4S/c1-5-22(3)33-30(37)23(4)34(19-18-24-10-7-6-8-11-24)28(36)20-35(27-13-9-12-26(31)29(27)32)40(38,39)25-16-14-21(2)15-17-25/h6-17,22-23H,5,18-20H2,1-4H3,(H,33,37)/t22-,23+/m1/s1. The number of benzene rings is 3. The van der Waals surface area contributed by atoms with E-state index >= 15 is 0 Å². The van der Waals surface area contributed by atoms with Crippen molar-refractivity contribution in [1.29, 1.82) is 0 Å². The predicted molar refractivity (Wildman–Crippen MR) is 161 cm³/mol. The summed E-state index contributed by atoms with van der Waals surface area (Å²) in [5, 5.41) is 3.08. The normalized spacial score (nSPS) is 12.8. The van der Waals surface area contributed by atoms with Crippen LogP contribution in [0.4, 0.5) is 5.69 Å². The molecule has 0 spiro atoms. The van der Waals surface area contributed by atoms with Gasteiger partial charge in [-0.3, -0.25) is 13.9 Å². The number of carbonyl (C=O) groups excluding carboxylic acids is 2. The van der Waals surface area contributed by atoms with Crippen molar-refractivity contribution in [2.75, 3.05) is 17.4 Å². The van der Waals surface area contributed by atoms with Gasteiger partial charge in [-0.05, 0) is 63.4 Å². The largest absolute Gasteiger partial charge is 0.352 e. The highest BCUT2D eigenvalue weighted by Gasteiger charge is 2.33. The van der Waals surface area contributed by atoms with Gasteiger partial charge in [0.2, 0.25) is 11.8 Å². The van der Waals surface area contributed by atoms with Crippen molar-refractivity contribution in [3.63, 3.8) is 0 Å². The van der Waals surface area contributed by atoms with E-state index in [1.165, 1.54) is 23.1 Å². The second kappa shape index (κ2) is 14.0. The number of sulfonamides is 1. The monoisotopic (exact) mass is 603 g/mol. The Morgan fingerprint density at radius 3 is 2.20 bits per heavy atom. The van der Waals surface area contributed by atoms with Crippen LogP contribution in [0.1, 0.15) is 38.3 Å². The number of rotatable bonds is 12. The van der Waals surface area contributed by atoms with E-state index in [0.717, 1.165) is 21.9 Å². The Labute approximate surface area is 247 Å². The summed E-state index contributed by atoms with van der Waals surface area (Å²) in [6, 6.07) is 19.6. The number of halogens is 2. The van der Waals surface area contributed by atoms with E-state index in [1.54, 1.807) is 31.2 Å². The smallest absolute Gasteiger partial charge is 0.264 e. The molecule has 2 atom stereocenters. The maximum atomic E-state index is 13.9. The lowest BCUT2D eigenvalue weighted by Gasteiger charge is -2.32. The zero-order valence-corrected chi connectivity index (χ0v) is 25.4. The molecule has 0 fully saturated rings. The summed E-state index contributed by atoms with van der Waals surface area (Å²) in [4.78, 5) is 28.5. The fraction of sp³-hybridized carbons (Fsp3) is 0.333. The Morgan fingerprint density at radius 2 is 1.57 bits per heavy atom. The van der Waals surface area contributed by atoms with Crippen molar-refractivity contribution in [3.05, 3.63) is 94.0 Å². The Hall–Kier alpha value is -3.07. The lowest BCUT2D eigenvalue weighted by Crippen LogP contribution is -2.53. The van der Waals surface area contributed by atoms with E-state index < -0.39 is 28.5 Å². The molecule has 0 heterocycles. The van der Waals surface area contributed by atoms with Gasteiger partial charge in [0, 0.05) is 12.6 Å². The number of hydrogen-bond acceptors (Lipinski definition) is 4. The second-order valence-corrected chi connectivity index (χ2v) is 12.4. The van der Waals surface area contributed by atoms with Crippen LogP contribution in [-0.4, -0.2) is 50.3 Å². The van der Waals surface area contributed by atoms with Crippen LogP contribution < -0.4 is 9.62 Å². The van der Waals surface area contributed by atoms with Crippen molar-refractivity contribution in [1.82, 2.24) is 10.2 Å². The van der Waals surface area contributed by atoms with Gasteiger partial charge in [0.15, 0.2) is 0 Å². The van der Waals surface area contributed by atoms with Gasteiger partial charge >= 0.3 is 0 Å². The maximum Gasteiger partial charge on any atom is 0.264 e. The molecule has 3 aromatic rings. The fourth-order valence-corrected chi connectivity index (χ4v) is 5.95. The molecule has 0 saturated carbocycles. The minimum absolute atomic E-state index is 0.000315. The van der Waals surface area contributed by atoms with Crippen LogP contribution in [-0.2, 0) is 26.0 Å². The van der Waals surface area contributed by atoms with Crippen LogP contribution in [0.25, 0.3) is 0 Å². The molecule has 7 nitrogen and oxygen atoms in total. The SMILES string of the molecule is CC[C@@H](C)NC(=O)[C@H](C)N(CCc1ccccc1)C(=O)CN(c1cccc(Cl)c1Cl)S(=O)(=O)c1ccc(C)cc1. The summed E-state index contributed by atoms with van der Waals surface area (Å²) >= 11 is 12.7.